The zero-order valence-electron chi connectivity index (χ0n) is 8.73. The van der Waals surface area contributed by atoms with Crippen LogP contribution in [0.5, 0.6) is 0 Å². The summed E-state index contributed by atoms with van der Waals surface area (Å²) >= 11 is 0. The number of aliphatic hydroxyl groups excluding tert-OH is 2. The minimum Gasteiger partial charge on any atom is -0.395 e. The predicted molar refractivity (Wildman–Crippen MR) is 55.0 cm³/mol. The van der Waals surface area contributed by atoms with Gasteiger partial charge < -0.3 is 10.2 Å². The van der Waals surface area contributed by atoms with Crippen molar-refractivity contribution < 1.29 is 10.2 Å². The van der Waals surface area contributed by atoms with Crippen LogP contribution in [0.2, 0.25) is 0 Å². The lowest BCUT2D eigenvalue weighted by molar-refractivity contribution is 0.0656. The van der Waals surface area contributed by atoms with Crippen molar-refractivity contribution in [2.24, 2.45) is 11.8 Å². The third-order valence-electron chi connectivity index (χ3n) is 4.05. The van der Waals surface area contributed by atoms with Gasteiger partial charge in [0.05, 0.1) is 13.2 Å². The summed E-state index contributed by atoms with van der Waals surface area (Å²) < 4.78 is 0. The fourth-order valence-corrected chi connectivity index (χ4v) is 3.21. The van der Waals surface area contributed by atoms with Crippen LogP contribution in [-0.4, -0.2) is 47.5 Å². The monoisotopic (exact) mass is 199 g/mol. The van der Waals surface area contributed by atoms with Gasteiger partial charge in [-0.3, -0.25) is 4.90 Å². The van der Waals surface area contributed by atoms with Crippen LogP contribution >= 0.6 is 0 Å². The molecule has 0 aromatic rings. The Labute approximate surface area is 85.7 Å². The molecule has 0 radical (unpaired) electrons. The number of hydrogen-bond donors (Lipinski definition) is 2. The van der Waals surface area contributed by atoms with Gasteiger partial charge in [-0.1, -0.05) is 0 Å². The Balaban J connectivity index is 1.89. The lowest BCUT2D eigenvalue weighted by Gasteiger charge is -2.39. The maximum atomic E-state index is 8.97. The SMILES string of the molecule is OCCN(CCO)C1CCC2CCC21. The normalized spacial score (nSPS) is 35.8. The minimum absolute atomic E-state index is 0.216. The molecule has 3 unspecified atom stereocenters. The average Bonchev–Trinajstić information content (AvgIpc) is 2.41. The molecule has 0 amide bonds. The zero-order valence-corrected chi connectivity index (χ0v) is 8.73. The minimum atomic E-state index is 0.216. The van der Waals surface area contributed by atoms with Gasteiger partial charge in [-0.2, -0.15) is 0 Å². The summed E-state index contributed by atoms with van der Waals surface area (Å²) in [7, 11) is 0. The van der Waals surface area contributed by atoms with E-state index < -0.39 is 0 Å². The lowest BCUT2D eigenvalue weighted by Crippen LogP contribution is -2.44. The van der Waals surface area contributed by atoms with E-state index >= 15 is 0 Å². The molecule has 0 spiro atoms. The van der Waals surface area contributed by atoms with Crippen molar-refractivity contribution in [2.75, 3.05) is 26.3 Å². The molecule has 2 aliphatic rings. The highest BCUT2D eigenvalue weighted by Crippen LogP contribution is 2.48. The van der Waals surface area contributed by atoms with Crippen LogP contribution in [0.4, 0.5) is 0 Å². The molecule has 3 nitrogen and oxygen atoms in total. The Hall–Kier alpha value is -0.120. The molecule has 0 aromatic heterocycles. The Morgan fingerprint density at radius 3 is 2.00 bits per heavy atom. The van der Waals surface area contributed by atoms with Crippen molar-refractivity contribution in [1.82, 2.24) is 4.90 Å². The van der Waals surface area contributed by atoms with Crippen LogP contribution in [0.15, 0.2) is 0 Å². The van der Waals surface area contributed by atoms with Gasteiger partial charge in [-0.05, 0) is 37.5 Å². The second-order valence-electron chi connectivity index (χ2n) is 4.63. The van der Waals surface area contributed by atoms with Crippen molar-refractivity contribution in [2.45, 2.75) is 31.7 Å². The van der Waals surface area contributed by atoms with Crippen LogP contribution in [0.3, 0.4) is 0 Å². The van der Waals surface area contributed by atoms with Crippen LogP contribution in [0.25, 0.3) is 0 Å². The maximum Gasteiger partial charge on any atom is 0.0558 e. The summed E-state index contributed by atoms with van der Waals surface area (Å²) in [4.78, 5) is 2.28. The van der Waals surface area contributed by atoms with Gasteiger partial charge in [-0.15, -0.1) is 0 Å². The molecular formula is C11H21NO2. The van der Waals surface area contributed by atoms with Gasteiger partial charge in [0.15, 0.2) is 0 Å². The quantitative estimate of drug-likeness (QED) is 0.676. The van der Waals surface area contributed by atoms with Gasteiger partial charge in [0.1, 0.15) is 0 Å². The van der Waals surface area contributed by atoms with E-state index in [0.29, 0.717) is 6.04 Å². The van der Waals surface area contributed by atoms with E-state index in [1.54, 1.807) is 0 Å². The summed E-state index contributed by atoms with van der Waals surface area (Å²) in [6, 6.07) is 0.646. The summed E-state index contributed by atoms with van der Waals surface area (Å²) in [6.45, 7) is 1.89. The molecule has 0 saturated heterocycles. The molecule has 2 saturated carbocycles. The topological polar surface area (TPSA) is 43.7 Å². The fourth-order valence-electron chi connectivity index (χ4n) is 3.21. The lowest BCUT2D eigenvalue weighted by atomic mass is 9.74. The van der Waals surface area contributed by atoms with Crippen LogP contribution in [0, 0.1) is 11.8 Å². The van der Waals surface area contributed by atoms with E-state index in [9.17, 15) is 0 Å². The number of nitrogens with zero attached hydrogens (tertiary/aromatic N) is 1. The molecule has 2 N–H and O–H groups in total. The smallest absolute Gasteiger partial charge is 0.0558 e. The highest BCUT2D eigenvalue weighted by Gasteiger charge is 2.44. The van der Waals surface area contributed by atoms with Crippen molar-refractivity contribution in [1.29, 1.82) is 0 Å². The Morgan fingerprint density at radius 1 is 0.929 bits per heavy atom. The van der Waals surface area contributed by atoms with Gasteiger partial charge >= 0.3 is 0 Å². The standard InChI is InChI=1S/C11H21NO2/c13-7-5-12(6-8-14)11-4-2-9-1-3-10(9)11/h9-11,13-14H,1-8H2. The molecule has 0 bridgehead atoms. The predicted octanol–water partition coefficient (Wildman–Crippen LogP) is 0.462. The zero-order chi connectivity index (χ0) is 9.97. The first-order valence-corrected chi connectivity index (χ1v) is 5.82. The molecule has 2 aliphatic carbocycles. The van der Waals surface area contributed by atoms with E-state index in [0.717, 1.165) is 24.9 Å². The van der Waals surface area contributed by atoms with E-state index in [4.69, 9.17) is 10.2 Å². The summed E-state index contributed by atoms with van der Waals surface area (Å²) in [5.41, 5.74) is 0. The van der Waals surface area contributed by atoms with Crippen molar-refractivity contribution in [3.63, 3.8) is 0 Å². The number of fused-ring (bicyclic) bond motifs is 1. The Kier molecular flexibility index (Phi) is 3.42. The molecule has 0 aliphatic heterocycles. The van der Waals surface area contributed by atoms with Gasteiger partial charge in [0, 0.05) is 19.1 Å². The first-order chi connectivity index (χ1) is 6.86. The highest BCUT2D eigenvalue weighted by molar-refractivity contribution is 4.97. The summed E-state index contributed by atoms with van der Waals surface area (Å²) in [5.74, 6) is 1.83. The van der Waals surface area contributed by atoms with Crippen molar-refractivity contribution in [3.8, 4) is 0 Å². The molecule has 3 heteroatoms. The van der Waals surface area contributed by atoms with E-state index in [1.807, 2.05) is 0 Å². The van der Waals surface area contributed by atoms with Gasteiger partial charge in [-0.25, -0.2) is 0 Å². The van der Waals surface area contributed by atoms with Crippen molar-refractivity contribution in [3.05, 3.63) is 0 Å². The number of hydrogen-bond acceptors (Lipinski definition) is 3. The number of aliphatic hydroxyl groups is 2. The summed E-state index contributed by atoms with van der Waals surface area (Å²) in [6.07, 6.45) is 5.41. The third kappa shape index (κ3) is 1.81. The molecular weight excluding hydrogens is 178 g/mol. The molecule has 14 heavy (non-hydrogen) atoms. The fraction of sp³-hybridized carbons (Fsp3) is 1.00. The summed E-state index contributed by atoms with van der Waals surface area (Å²) in [5, 5.41) is 17.9. The first-order valence-electron chi connectivity index (χ1n) is 5.82. The molecule has 2 fully saturated rings. The van der Waals surface area contributed by atoms with Crippen LogP contribution in [0.1, 0.15) is 25.7 Å². The van der Waals surface area contributed by atoms with Crippen LogP contribution < -0.4 is 0 Å². The molecule has 82 valence electrons. The molecule has 0 aromatic carbocycles. The Bertz CT molecular complexity index is 180. The van der Waals surface area contributed by atoms with Gasteiger partial charge in [0.25, 0.3) is 0 Å². The first kappa shape index (κ1) is 10.4. The van der Waals surface area contributed by atoms with E-state index in [1.165, 1.54) is 25.7 Å². The second-order valence-corrected chi connectivity index (χ2v) is 4.63. The van der Waals surface area contributed by atoms with Crippen molar-refractivity contribution >= 4 is 0 Å². The third-order valence-corrected chi connectivity index (χ3v) is 4.05. The largest absolute Gasteiger partial charge is 0.395 e. The second kappa shape index (κ2) is 4.60. The Morgan fingerprint density at radius 2 is 1.57 bits per heavy atom. The van der Waals surface area contributed by atoms with Gasteiger partial charge in [0.2, 0.25) is 0 Å². The molecule has 0 heterocycles. The molecule has 2 rings (SSSR count). The van der Waals surface area contributed by atoms with E-state index in [-0.39, 0.29) is 13.2 Å². The maximum absolute atomic E-state index is 8.97. The van der Waals surface area contributed by atoms with Crippen LogP contribution in [-0.2, 0) is 0 Å². The van der Waals surface area contributed by atoms with E-state index in [2.05, 4.69) is 4.90 Å². The molecule has 3 atom stereocenters. The highest BCUT2D eigenvalue weighted by atomic mass is 16.3. The average molecular weight is 199 g/mol. The number of rotatable bonds is 5.